The molecule has 1 amide bonds. The molecule has 2 nitrogen and oxygen atoms in total. The van der Waals surface area contributed by atoms with Crippen LogP contribution in [0.4, 0.5) is 18.9 Å². The van der Waals surface area contributed by atoms with Gasteiger partial charge in [0.1, 0.15) is 5.82 Å². The Morgan fingerprint density at radius 1 is 1.13 bits per heavy atom. The Balaban J connectivity index is 1.88. The highest BCUT2D eigenvalue weighted by molar-refractivity contribution is 7.99. The molecule has 0 fully saturated rings. The molecular weight excluding hydrogens is 343 g/mol. The standard InChI is InChI=1S/C16H10F3NOS2/c17-10-4-3-7-12-9(10)8-14(22-12)15(21)20-11-5-1-2-6-13(11)23-16(18)19/h1-8,16H,(H,20,21). The molecule has 0 saturated heterocycles. The summed E-state index contributed by atoms with van der Waals surface area (Å²) in [4.78, 5) is 12.9. The van der Waals surface area contributed by atoms with Crippen LogP contribution in [0.15, 0.2) is 53.4 Å². The van der Waals surface area contributed by atoms with Crippen molar-refractivity contribution in [1.29, 1.82) is 0 Å². The van der Waals surface area contributed by atoms with Crippen molar-refractivity contribution < 1.29 is 18.0 Å². The molecule has 1 heterocycles. The molecule has 0 saturated carbocycles. The lowest BCUT2D eigenvalue weighted by molar-refractivity contribution is 0.103. The molecule has 0 unspecified atom stereocenters. The van der Waals surface area contributed by atoms with Crippen LogP contribution in [-0.4, -0.2) is 11.7 Å². The molecule has 0 aliphatic carbocycles. The summed E-state index contributed by atoms with van der Waals surface area (Å²) < 4.78 is 39.5. The number of hydrogen-bond acceptors (Lipinski definition) is 3. The van der Waals surface area contributed by atoms with Crippen LogP contribution >= 0.6 is 23.1 Å². The fraction of sp³-hybridized carbons (Fsp3) is 0.0625. The number of fused-ring (bicyclic) bond motifs is 1. The average molecular weight is 353 g/mol. The molecule has 1 N–H and O–H groups in total. The first-order valence-electron chi connectivity index (χ1n) is 6.58. The number of carbonyl (C=O) groups is 1. The van der Waals surface area contributed by atoms with E-state index in [9.17, 15) is 18.0 Å². The van der Waals surface area contributed by atoms with E-state index in [4.69, 9.17) is 0 Å². The molecule has 118 valence electrons. The van der Waals surface area contributed by atoms with Gasteiger partial charge >= 0.3 is 0 Å². The highest BCUT2D eigenvalue weighted by Crippen LogP contribution is 2.33. The van der Waals surface area contributed by atoms with Gasteiger partial charge in [-0.25, -0.2) is 4.39 Å². The van der Waals surface area contributed by atoms with Gasteiger partial charge in [0, 0.05) is 15.0 Å². The van der Waals surface area contributed by atoms with Gasteiger partial charge in [-0.15, -0.1) is 11.3 Å². The highest BCUT2D eigenvalue weighted by Gasteiger charge is 2.15. The van der Waals surface area contributed by atoms with Crippen molar-refractivity contribution in [3.63, 3.8) is 0 Å². The van der Waals surface area contributed by atoms with E-state index < -0.39 is 17.5 Å². The topological polar surface area (TPSA) is 29.1 Å². The molecule has 23 heavy (non-hydrogen) atoms. The summed E-state index contributed by atoms with van der Waals surface area (Å²) in [6, 6.07) is 12.4. The zero-order valence-corrected chi connectivity index (χ0v) is 13.2. The van der Waals surface area contributed by atoms with Gasteiger partial charge in [0.15, 0.2) is 0 Å². The van der Waals surface area contributed by atoms with Crippen LogP contribution < -0.4 is 5.32 Å². The largest absolute Gasteiger partial charge is 0.320 e. The summed E-state index contributed by atoms with van der Waals surface area (Å²) >= 11 is 1.52. The molecule has 2 aromatic carbocycles. The Labute approximate surface area is 138 Å². The molecular formula is C16H10F3NOS2. The van der Waals surface area contributed by atoms with Gasteiger partial charge < -0.3 is 5.32 Å². The molecule has 7 heteroatoms. The lowest BCUT2D eigenvalue weighted by Crippen LogP contribution is -2.10. The van der Waals surface area contributed by atoms with Crippen molar-refractivity contribution >= 4 is 44.8 Å². The van der Waals surface area contributed by atoms with Crippen molar-refractivity contribution in [2.75, 3.05) is 5.32 Å². The highest BCUT2D eigenvalue weighted by atomic mass is 32.2. The van der Waals surface area contributed by atoms with Crippen LogP contribution in [0.2, 0.25) is 0 Å². The number of anilines is 1. The van der Waals surface area contributed by atoms with Crippen LogP contribution in [0.1, 0.15) is 9.67 Å². The summed E-state index contributed by atoms with van der Waals surface area (Å²) in [6.07, 6.45) is 0. The van der Waals surface area contributed by atoms with Gasteiger partial charge in [-0.1, -0.05) is 30.0 Å². The number of hydrogen-bond donors (Lipinski definition) is 1. The predicted octanol–water partition coefficient (Wildman–Crippen LogP) is 5.61. The number of carbonyl (C=O) groups excluding carboxylic acids is 1. The summed E-state index contributed by atoms with van der Waals surface area (Å²) in [7, 11) is 0. The Morgan fingerprint density at radius 2 is 1.91 bits per heavy atom. The SMILES string of the molecule is O=C(Nc1ccccc1SC(F)F)c1cc2c(F)cccc2s1. The monoisotopic (exact) mass is 353 g/mol. The van der Waals surface area contributed by atoms with Crippen molar-refractivity contribution in [2.45, 2.75) is 10.7 Å². The number of benzene rings is 2. The van der Waals surface area contributed by atoms with Gasteiger partial charge in [-0.3, -0.25) is 4.79 Å². The molecule has 0 radical (unpaired) electrons. The zero-order chi connectivity index (χ0) is 16.4. The van der Waals surface area contributed by atoms with Gasteiger partial charge in [-0.05, 0) is 30.3 Å². The molecule has 0 aliphatic rings. The number of thiophene rings is 1. The van der Waals surface area contributed by atoms with E-state index in [-0.39, 0.29) is 4.90 Å². The van der Waals surface area contributed by atoms with E-state index in [0.717, 1.165) is 11.3 Å². The molecule has 0 atom stereocenters. The Kier molecular flexibility index (Phi) is 4.58. The fourth-order valence-corrected chi connectivity index (χ4v) is 3.66. The van der Waals surface area contributed by atoms with Crippen LogP contribution in [0.3, 0.4) is 0 Å². The van der Waals surface area contributed by atoms with Crippen molar-refractivity contribution in [1.82, 2.24) is 0 Å². The number of nitrogens with one attached hydrogen (secondary N) is 1. The van der Waals surface area contributed by atoms with E-state index >= 15 is 0 Å². The summed E-state index contributed by atoms with van der Waals surface area (Å²) in [6.45, 7) is 0. The van der Waals surface area contributed by atoms with E-state index in [1.807, 2.05) is 0 Å². The second kappa shape index (κ2) is 6.64. The van der Waals surface area contributed by atoms with Crippen LogP contribution in [0, 0.1) is 5.82 Å². The third kappa shape index (κ3) is 3.51. The first-order chi connectivity index (χ1) is 11.0. The number of alkyl halides is 2. The lowest BCUT2D eigenvalue weighted by atomic mass is 10.2. The number of halogens is 3. The number of rotatable bonds is 4. The minimum absolute atomic E-state index is 0.281. The van der Waals surface area contributed by atoms with Gasteiger partial charge in [0.25, 0.3) is 11.7 Å². The minimum Gasteiger partial charge on any atom is -0.320 e. The third-order valence-electron chi connectivity index (χ3n) is 3.08. The Bertz CT molecular complexity index is 863. The molecule has 0 aliphatic heterocycles. The van der Waals surface area contributed by atoms with Gasteiger partial charge in [0.2, 0.25) is 0 Å². The van der Waals surface area contributed by atoms with E-state index in [1.54, 1.807) is 30.3 Å². The maximum absolute atomic E-state index is 13.7. The van der Waals surface area contributed by atoms with Crippen molar-refractivity contribution in [2.24, 2.45) is 0 Å². The first-order valence-corrected chi connectivity index (χ1v) is 8.27. The molecule has 1 aromatic heterocycles. The molecule has 0 bridgehead atoms. The quantitative estimate of drug-likeness (QED) is 0.618. The second-order valence-electron chi connectivity index (χ2n) is 4.59. The molecule has 3 aromatic rings. The van der Waals surface area contributed by atoms with Crippen LogP contribution in [-0.2, 0) is 0 Å². The Hall–Kier alpha value is -1.99. The number of amides is 1. The molecule has 3 rings (SSSR count). The first kappa shape index (κ1) is 15.9. The average Bonchev–Trinajstić information content (AvgIpc) is 2.94. The summed E-state index contributed by atoms with van der Waals surface area (Å²) in [5.41, 5.74) is 0.306. The van der Waals surface area contributed by atoms with E-state index in [2.05, 4.69) is 5.32 Å². The van der Waals surface area contributed by atoms with E-state index in [0.29, 0.717) is 32.4 Å². The predicted molar refractivity (Wildman–Crippen MR) is 88.0 cm³/mol. The number of thioether (sulfide) groups is 1. The second-order valence-corrected chi connectivity index (χ2v) is 6.71. The Morgan fingerprint density at radius 3 is 2.65 bits per heavy atom. The van der Waals surface area contributed by atoms with Gasteiger partial charge in [-0.2, -0.15) is 8.78 Å². The summed E-state index contributed by atoms with van der Waals surface area (Å²) in [5.74, 6) is -3.43. The normalized spacial score (nSPS) is 11.1. The fourth-order valence-electron chi connectivity index (χ4n) is 2.09. The van der Waals surface area contributed by atoms with E-state index in [1.165, 1.54) is 18.2 Å². The maximum atomic E-state index is 13.7. The maximum Gasteiger partial charge on any atom is 0.288 e. The van der Waals surface area contributed by atoms with Crippen LogP contribution in [0.5, 0.6) is 0 Å². The zero-order valence-electron chi connectivity index (χ0n) is 11.6. The minimum atomic E-state index is -2.58. The smallest absolute Gasteiger partial charge is 0.288 e. The number of para-hydroxylation sites is 1. The van der Waals surface area contributed by atoms with Crippen molar-refractivity contribution in [3.8, 4) is 0 Å². The third-order valence-corrected chi connectivity index (χ3v) is 4.97. The van der Waals surface area contributed by atoms with Crippen molar-refractivity contribution in [3.05, 3.63) is 59.2 Å². The van der Waals surface area contributed by atoms with Crippen LogP contribution in [0.25, 0.3) is 10.1 Å². The summed E-state index contributed by atoms with van der Waals surface area (Å²) in [5, 5.41) is 2.98. The molecule has 0 spiro atoms. The lowest BCUT2D eigenvalue weighted by Gasteiger charge is -2.09. The van der Waals surface area contributed by atoms with Gasteiger partial charge in [0.05, 0.1) is 10.6 Å².